The van der Waals surface area contributed by atoms with Gasteiger partial charge in [-0.3, -0.25) is 4.79 Å². The Morgan fingerprint density at radius 3 is 2.82 bits per heavy atom. The molecule has 17 heavy (non-hydrogen) atoms. The topological polar surface area (TPSA) is 29.5 Å². The summed E-state index contributed by atoms with van der Waals surface area (Å²) in [6, 6.07) is 0. The van der Waals surface area contributed by atoms with E-state index < -0.39 is 5.60 Å². The minimum absolute atomic E-state index is 0.239. The first-order valence-electron chi connectivity index (χ1n) is 6.68. The van der Waals surface area contributed by atoms with Gasteiger partial charge in [-0.05, 0) is 31.4 Å². The number of hydrogen-bond donors (Lipinski definition) is 0. The van der Waals surface area contributed by atoms with Crippen molar-refractivity contribution in [3.05, 3.63) is 0 Å². The number of nitrogens with zero attached hydrogens (tertiary/aromatic N) is 1. The van der Waals surface area contributed by atoms with Crippen LogP contribution in [0.1, 0.15) is 39.0 Å². The van der Waals surface area contributed by atoms with Crippen LogP contribution in [0.25, 0.3) is 0 Å². The van der Waals surface area contributed by atoms with E-state index in [9.17, 15) is 4.79 Å². The van der Waals surface area contributed by atoms with E-state index >= 15 is 0 Å². The molecular weight excluding hydrogens is 234 g/mol. The molecule has 2 aliphatic rings. The van der Waals surface area contributed by atoms with Gasteiger partial charge in [-0.1, -0.05) is 13.3 Å². The van der Waals surface area contributed by atoms with Gasteiger partial charge in [0.2, 0.25) is 0 Å². The van der Waals surface area contributed by atoms with Gasteiger partial charge >= 0.3 is 0 Å². The van der Waals surface area contributed by atoms with Gasteiger partial charge < -0.3 is 9.64 Å². The van der Waals surface area contributed by atoms with Gasteiger partial charge in [-0.25, -0.2) is 0 Å². The van der Waals surface area contributed by atoms with Crippen LogP contribution >= 0.6 is 11.8 Å². The van der Waals surface area contributed by atoms with Crippen LogP contribution in [0, 0.1) is 0 Å². The first-order valence-corrected chi connectivity index (χ1v) is 7.73. The third-order valence-electron chi connectivity index (χ3n) is 3.80. The number of ether oxygens (including phenoxy) is 1. The predicted octanol–water partition coefficient (Wildman–Crippen LogP) is 2.30. The summed E-state index contributed by atoms with van der Waals surface area (Å²) in [5.41, 5.74) is -0.439. The number of thioether (sulfide) groups is 1. The molecule has 3 nitrogen and oxygen atoms in total. The molecule has 1 unspecified atom stereocenters. The van der Waals surface area contributed by atoms with E-state index in [-0.39, 0.29) is 5.91 Å². The number of methoxy groups -OCH3 is 1. The van der Waals surface area contributed by atoms with Gasteiger partial charge in [-0.15, -0.1) is 0 Å². The molecule has 0 radical (unpaired) electrons. The van der Waals surface area contributed by atoms with Gasteiger partial charge in [0.15, 0.2) is 0 Å². The monoisotopic (exact) mass is 257 g/mol. The van der Waals surface area contributed by atoms with Gasteiger partial charge in [0.05, 0.1) is 0 Å². The maximum absolute atomic E-state index is 12.4. The molecule has 1 atom stereocenters. The van der Waals surface area contributed by atoms with Crippen molar-refractivity contribution in [1.29, 1.82) is 0 Å². The van der Waals surface area contributed by atoms with Crippen LogP contribution in [0.15, 0.2) is 0 Å². The molecule has 0 N–H and O–H groups in total. The number of amides is 1. The van der Waals surface area contributed by atoms with E-state index in [1.807, 2.05) is 11.8 Å². The molecule has 1 saturated heterocycles. The quantitative estimate of drug-likeness (QED) is 0.774. The molecule has 4 heteroatoms. The number of carbonyl (C=O) groups excluding carboxylic acids is 1. The van der Waals surface area contributed by atoms with Crippen molar-refractivity contribution in [2.24, 2.45) is 0 Å². The highest BCUT2D eigenvalue weighted by Gasteiger charge is 2.52. The molecule has 2 rings (SSSR count). The Hall–Kier alpha value is -0.220. The molecular formula is C13H23NO2S. The lowest BCUT2D eigenvalue weighted by Gasteiger charge is -2.27. The SMILES string of the molecule is CCSC1CCCCN(C(=O)C2(OC)CC2)C1. The van der Waals surface area contributed by atoms with Gasteiger partial charge in [0.1, 0.15) is 5.60 Å². The number of likely N-dealkylation sites (tertiary alicyclic amines) is 1. The average Bonchev–Trinajstić information content (AvgIpc) is 3.14. The van der Waals surface area contributed by atoms with Crippen LogP contribution in [0.2, 0.25) is 0 Å². The Bertz CT molecular complexity index is 279. The highest BCUT2D eigenvalue weighted by Crippen LogP contribution is 2.41. The van der Waals surface area contributed by atoms with E-state index in [1.54, 1.807) is 7.11 Å². The van der Waals surface area contributed by atoms with Crippen LogP contribution in [0.5, 0.6) is 0 Å². The highest BCUT2D eigenvalue weighted by molar-refractivity contribution is 7.99. The molecule has 1 saturated carbocycles. The molecule has 1 aliphatic carbocycles. The fourth-order valence-electron chi connectivity index (χ4n) is 2.57. The maximum atomic E-state index is 12.4. The Labute approximate surface area is 108 Å². The van der Waals surface area contributed by atoms with Crippen molar-refractivity contribution in [2.45, 2.75) is 49.9 Å². The van der Waals surface area contributed by atoms with Crippen molar-refractivity contribution in [3.8, 4) is 0 Å². The fraction of sp³-hybridized carbons (Fsp3) is 0.923. The van der Waals surface area contributed by atoms with E-state index in [1.165, 1.54) is 12.8 Å². The number of carbonyl (C=O) groups is 1. The lowest BCUT2D eigenvalue weighted by Crippen LogP contribution is -2.44. The van der Waals surface area contributed by atoms with Crippen LogP contribution in [-0.2, 0) is 9.53 Å². The number of rotatable bonds is 4. The summed E-state index contributed by atoms with van der Waals surface area (Å²) in [5, 5.41) is 0.624. The second kappa shape index (κ2) is 5.61. The van der Waals surface area contributed by atoms with E-state index in [0.717, 1.165) is 38.1 Å². The van der Waals surface area contributed by atoms with Crippen LogP contribution < -0.4 is 0 Å². The molecule has 1 aliphatic heterocycles. The number of hydrogen-bond acceptors (Lipinski definition) is 3. The van der Waals surface area contributed by atoms with E-state index in [0.29, 0.717) is 5.25 Å². The Balaban J connectivity index is 1.96. The lowest BCUT2D eigenvalue weighted by molar-refractivity contribution is -0.144. The molecule has 0 aromatic rings. The third kappa shape index (κ3) is 2.97. The van der Waals surface area contributed by atoms with Crippen molar-refractivity contribution in [1.82, 2.24) is 4.90 Å². The minimum Gasteiger partial charge on any atom is -0.368 e. The molecule has 0 spiro atoms. The first kappa shape index (κ1) is 13.2. The maximum Gasteiger partial charge on any atom is 0.254 e. The zero-order valence-electron chi connectivity index (χ0n) is 10.9. The molecule has 98 valence electrons. The second-order valence-electron chi connectivity index (χ2n) is 5.02. The molecule has 2 fully saturated rings. The van der Waals surface area contributed by atoms with Gasteiger partial charge in [-0.2, -0.15) is 11.8 Å². The first-order chi connectivity index (χ1) is 8.22. The largest absolute Gasteiger partial charge is 0.368 e. The highest BCUT2D eigenvalue weighted by atomic mass is 32.2. The summed E-state index contributed by atoms with van der Waals surface area (Å²) < 4.78 is 5.40. The van der Waals surface area contributed by atoms with Gasteiger partial charge in [0.25, 0.3) is 5.91 Å². The Morgan fingerprint density at radius 1 is 1.47 bits per heavy atom. The molecule has 0 aromatic heterocycles. The normalized spacial score (nSPS) is 27.6. The Morgan fingerprint density at radius 2 is 2.24 bits per heavy atom. The van der Waals surface area contributed by atoms with Crippen molar-refractivity contribution >= 4 is 17.7 Å². The van der Waals surface area contributed by atoms with Crippen molar-refractivity contribution in [3.63, 3.8) is 0 Å². The second-order valence-corrected chi connectivity index (χ2v) is 6.60. The molecule has 0 aromatic carbocycles. The summed E-state index contributed by atoms with van der Waals surface area (Å²) in [6.45, 7) is 4.03. The zero-order chi connectivity index (χ0) is 12.3. The minimum atomic E-state index is -0.439. The van der Waals surface area contributed by atoms with Crippen molar-refractivity contribution in [2.75, 3.05) is 26.0 Å². The van der Waals surface area contributed by atoms with Gasteiger partial charge in [0, 0.05) is 25.4 Å². The Kier molecular flexibility index (Phi) is 4.36. The summed E-state index contributed by atoms with van der Waals surface area (Å²) in [6.07, 6.45) is 5.46. The summed E-state index contributed by atoms with van der Waals surface area (Å²) in [4.78, 5) is 14.5. The predicted molar refractivity (Wildman–Crippen MR) is 71.3 cm³/mol. The fourth-order valence-corrected chi connectivity index (χ4v) is 3.66. The summed E-state index contributed by atoms with van der Waals surface area (Å²) >= 11 is 1.99. The van der Waals surface area contributed by atoms with E-state index in [4.69, 9.17) is 4.74 Å². The van der Waals surface area contributed by atoms with Crippen LogP contribution in [0.4, 0.5) is 0 Å². The standard InChI is InChI=1S/C13H23NO2S/c1-3-17-11-6-4-5-9-14(10-11)12(15)13(16-2)7-8-13/h11H,3-10H2,1-2H3. The molecule has 1 heterocycles. The van der Waals surface area contributed by atoms with Crippen LogP contribution in [0.3, 0.4) is 0 Å². The summed E-state index contributed by atoms with van der Waals surface area (Å²) in [5.74, 6) is 1.38. The smallest absolute Gasteiger partial charge is 0.254 e. The lowest BCUT2D eigenvalue weighted by atomic mass is 10.2. The third-order valence-corrected chi connectivity index (χ3v) is 4.99. The summed E-state index contributed by atoms with van der Waals surface area (Å²) in [7, 11) is 1.67. The van der Waals surface area contributed by atoms with E-state index in [2.05, 4.69) is 11.8 Å². The molecule has 0 bridgehead atoms. The molecule has 1 amide bonds. The van der Waals surface area contributed by atoms with Crippen molar-refractivity contribution < 1.29 is 9.53 Å². The zero-order valence-corrected chi connectivity index (χ0v) is 11.7. The van der Waals surface area contributed by atoms with Crippen LogP contribution in [-0.4, -0.2) is 47.6 Å². The average molecular weight is 257 g/mol.